The summed E-state index contributed by atoms with van der Waals surface area (Å²) in [5, 5.41) is 9.69. The minimum atomic E-state index is -0.883. The third kappa shape index (κ3) is 4.48. The van der Waals surface area contributed by atoms with Gasteiger partial charge in [0.2, 0.25) is 0 Å². The third-order valence-corrected chi connectivity index (χ3v) is 2.72. The molecule has 3 nitrogen and oxygen atoms in total. The number of nitrogens with zero attached hydrogens (tertiary/aromatic N) is 1. The van der Waals surface area contributed by atoms with E-state index in [0.29, 0.717) is 12.1 Å². The quantitative estimate of drug-likeness (QED) is 0.932. The van der Waals surface area contributed by atoms with Gasteiger partial charge in [-0.05, 0) is 44.5 Å². The first-order valence-corrected chi connectivity index (χ1v) is 6.23. The molecule has 0 aliphatic rings. The summed E-state index contributed by atoms with van der Waals surface area (Å²) in [5.41, 5.74) is 0.772. The average Bonchev–Trinajstić information content (AvgIpc) is 2.12. The fraction of sp³-hybridized carbons (Fsp3) is 0.462. The number of amides is 1. The van der Waals surface area contributed by atoms with Crippen LogP contribution in [-0.4, -0.2) is 35.1 Å². The maximum atomic E-state index is 12.1. The molecule has 1 N–H and O–H groups in total. The number of aliphatic hydroxyl groups is 1. The second-order valence-corrected chi connectivity index (χ2v) is 5.91. The molecule has 0 aliphatic heterocycles. The van der Waals surface area contributed by atoms with E-state index in [0.717, 1.165) is 10.0 Å². The summed E-state index contributed by atoms with van der Waals surface area (Å²) in [6.07, 6.45) is 0. The minimum Gasteiger partial charge on any atom is -0.389 e. The van der Waals surface area contributed by atoms with Crippen molar-refractivity contribution in [3.8, 4) is 0 Å². The molecule has 0 saturated carbocycles. The van der Waals surface area contributed by atoms with Crippen molar-refractivity contribution in [1.29, 1.82) is 0 Å². The summed E-state index contributed by atoms with van der Waals surface area (Å²) >= 11 is 3.37. The first-order valence-electron chi connectivity index (χ1n) is 5.44. The number of hydrogen-bond acceptors (Lipinski definition) is 2. The molecule has 94 valence electrons. The Morgan fingerprint density at radius 1 is 1.41 bits per heavy atom. The summed E-state index contributed by atoms with van der Waals surface area (Å²) in [4.78, 5) is 13.6. The van der Waals surface area contributed by atoms with Crippen molar-refractivity contribution in [3.63, 3.8) is 0 Å². The first-order chi connectivity index (χ1) is 7.69. The predicted molar refractivity (Wildman–Crippen MR) is 72.1 cm³/mol. The average molecular weight is 300 g/mol. The Balaban J connectivity index is 2.89. The van der Waals surface area contributed by atoms with Crippen molar-refractivity contribution in [3.05, 3.63) is 33.8 Å². The van der Waals surface area contributed by atoms with Crippen LogP contribution in [0.3, 0.4) is 0 Å². The Hall–Kier alpha value is -0.870. The van der Waals surface area contributed by atoms with Gasteiger partial charge in [-0.25, -0.2) is 0 Å². The number of benzene rings is 1. The molecule has 0 saturated heterocycles. The number of aryl methyl sites for hydroxylation is 1. The molecule has 1 aromatic carbocycles. The summed E-state index contributed by atoms with van der Waals surface area (Å²) in [6.45, 7) is 5.61. The topological polar surface area (TPSA) is 40.5 Å². The van der Waals surface area contributed by atoms with Crippen LogP contribution in [0.15, 0.2) is 22.7 Å². The second kappa shape index (κ2) is 5.19. The molecule has 0 aromatic heterocycles. The summed E-state index contributed by atoms with van der Waals surface area (Å²) in [7, 11) is 1.69. The van der Waals surface area contributed by atoms with Gasteiger partial charge >= 0.3 is 0 Å². The second-order valence-electron chi connectivity index (χ2n) is 4.99. The molecule has 4 heteroatoms. The molecule has 0 fully saturated rings. The van der Waals surface area contributed by atoms with Gasteiger partial charge in [0.15, 0.2) is 0 Å². The van der Waals surface area contributed by atoms with E-state index < -0.39 is 5.60 Å². The number of rotatable bonds is 3. The van der Waals surface area contributed by atoms with Crippen LogP contribution in [0.25, 0.3) is 0 Å². The molecule has 0 radical (unpaired) electrons. The molecule has 1 rings (SSSR count). The predicted octanol–water partition coefficient (Wildman–Crippen LogP) is 2.60. The maximum absolute atomic E-state index is 12.1. The largest absolute Gasteiger partial charge is 0.389 e. The van der Waals surface area contributed by atoms with Crippen LogP contribution in [0.2, 0.25) is 0 Å². The van der Waals surface area contributed by atoms with E-state index in [1.54, 1.807) is 27.0 Å². The van der Waals surface area contributed by atoms with Gasteiger partial charge in [0.25, 0.3) is 5.91 Å². The van der Waals surface area contributed by atoms with Crippen LogP contribution in [-0.2, 0) is 0 Å². The van der Waals surface area contributed by atoms with Gasteiger partial charge < -0.3 is 10.0 Å². The lowest BCUT2D eigenvalue weighted by molar-refractivity contribution is 0.0368. The van der Waals surface area contributed by atoms with Gasteiger partial charge in [0, 0.05) is 23.6 Å². The van der Waals surface area contributed by atoms with E-state index in [1.165, 1.54) is 4.90 Å². The van der Waals surface area contributed by atoms with Crippen molar-refractivity contribution in [2.75, 3.05) is 13.6 Å². The number of carbonyl (C=O) groups excluding carboxylic acids is 1. The van der Waals surface area contributed by atoms with Crippen LogP contribution in [0.5, 0.6) is 0 Å². The summed E-state index contributed by atoms with van der Waals surface area (Å²) in [5.74, 6) is -0.0866. The molecule has 0 unspecified atom stereocenters. The van der Waals surface area contributed by atoms with E-state index >= 15 is 0 Å². The number of likely N-dealkylation sites (N-methyl/N-ethyl adjacent to an activating group) is 1. The zero-order valence-electron chi connectivity index (χ0n) is 10.6. The molecule has 0 aliphatic carbocycles. The Morgan fingerprint density at radius 3 is 2.47 bits per heavy atom. The van der Waals surface area contributed by atoms with Crippen molar-refractivity contribution in [2.45, 2.75) is 26.4 Å². The highest BCUT2D eigenvalue weighted by atomic mass is 79.9. The Kier molecular flexibility index (Phi) is 4.33. The summed E-state index contributed by atoms with van der Waals surface area (Å²) < 4.78 is 0.887. The van der Waals surface area contributed by atoms with E-state index in [4.69, 9.17) is 0 Å². The van der Waals surface area contributed by atoms with Crippen molar-refractivity contribution < 1.29 is 9.90 Å². The smallest absolute Gasteiger partial charge is 0.253 e. The number of hydrogen-bond donors (Lipinski definition) is 1. The van der Waals surface area contributed by atoms with Gasteiger partial charge in [-0.3, -0.25) is 4.79 Å². The van der Waals surface area contributed by atoms with Crippen LogP contribution in [0, 0.1) is 6.92 Å². The normalized spacial score (nSPS) is 11.4. The zero-order chi connectivity index (χ0) is 13.2. The lowest BCUT2D eigenvalue weighted by Crippen LogP contribution is -2.39. The molecule has 1 amide bonds. The van der Waals surface area contributed by atoms with Crippen LogP contribution in [0.1, 0.15) is 29.8 Å². The fourth-order valence-electron chi connectivity index (χ4n) is 1.73. The van der Waals surface area contributed by atoms with E-state index in [9.17, 15) is 9.90 Å². The van der Waals surface area contributed by atoms with Crippen molar-refractivity contribution in [1.82, 2.24) is 4.90 Å². The van der Waals surface area contributed by atoms with Gasteiger partial charge in [-0.15, -0.1) is 0 Å². The number of carbonyl (C=O) groups is 1. The number of halogens is 1. The highest BCUT2D eigenvalue weighted by Gasteiger charge is 2.20. The SMILES string of the molecule is Cc1cc(Br)cc(C(=O)N(C)CC(C)(C)O)c1. The highest BCUT2D eigenvalue weighted by molar-refractivity contribution is 9.10. The molecular formula is C13H18BrNO2. The van der Waals surface area contributed by atoms with Crippen molar-refractivity contribution in [2.24, 2.45) is 0 Å². The van der Waals surface area contributed by atoms with E-state index in [2.05, 4.69) is 15.9 Å². The lowest BCUT2D eigenvalue weighted by atomic mass is 10.1. The monoisotopic (exact) mass is 299 g/mol. The first kappa shape index (κ1) is 14.2. The third-order valence-electron chi connectivity index (χ3n) is 2.26. The van der Waals surface area contributed by atoms with Crippen molar-refractivity contribution >= 4 is 21.8 Å². The van der Waals surface area contributed by atoms with E-state index in [1.807, 2.05) is 19.1 Å². The molecular weight excluding hydrogens is 282 g/mol. The van der Waals surface area contributed by atoms with Crippen LogP contribution < -0.4 is 0 Å². The molecule has 1 aromatic rings. The van der Waals surface area contributed by atoms with Gasteiger partial charge in [-0.1, -0.05) is 15.9 Å². The van der Waals surface area contributed by atoms with Gasteiger partial charge in [0.05, 0.1) is 5.60 Å². The molecule has 0 spiro atoms. The van der Waals surface area contributed by atoms with Crippen LogP contribution >= 0.6 is 15.9 Å². The molecule has 0 bridgehead atoms. The molecule has 17 heavy (non-hydrogen) atoms. The lowest BCUT2D eigenvalue weighted by Gasteiger charge is -2.25. The van der Waals surface area contributed by atoms with Gasteiger partial charge in [-0.2, -0.15) is 0 Å². The minimum absolute atomic E-state index is 0.0866. The standard InChI is InChI=1S/C13H18BrNO2/c1-9-5-10(7-11(14)6-9)12(16)15(4)8-13(2,3)17/h5-7,17H,8H2,1-4H3. The Bertz CT molecular complexity index is 404. The molecule has 0 atom stereocenters. The Labute approximate surface area is 111 Å². The maximum Gasteiger partial charge on any atom is 0.253 e. The van der Waals surface area contributed by atoms with Gasteiger partial charge in [0.1, 0.15) is 0 Å². The summed E-state index contributed by atoms with van der Waals surface area (Å²) in [6, 6.07) is 5.58. The molecule has 0 heterocycles. The highest BCUT2D eigenvalue weighted by Crippen LogP contribution is 2.17. The zero-order valence-corrected chi connectivity index (χ0v) is 12.2. The fourth-order valence-corrected chi connectivity index (χ4v) is 2.34. The Morgan fingerprint density at radius 2 is 2.00 bits per heavy atom. The van der Waals surface area contributed by atoms with Crippen LogP contribution in [0.4, 0.5) is 0 Å². The van der Waals surface area contributed by atoms with E-state index in [-0.39, 0.29) is 5.91 Å².